The molecular weight excluding hydrogens is 344 g/mol. The highest BCUT2D eigenvalue weighted by Gasteiger charge is 2.31. The molecule has 1 saturated carbocycles. The highest BCUT2D eigenvalue weighted by atomic mass is 16.4. The van der Waals surface area contributed by atoms with Crippen molar-refractivity contribution in [3.8, 4) is 0 Å². The maximum Gasteiger partial charge on any atom is 0.306 e. The van der Waals surface area contributed by atoms with E-state index in [-0.39, 0.29) is 29.7 Å². The Balaban J connectivity index is 1.44. The van der Waals surface area contributed by atoms with E-state index in [2.05, 4.69) is 5.32 Å². The number of aryl methyl sites for hydroxylation is 1. The number of likely N-dealkylation sites (tertiary alicyclic amines) is 1. The Morgan fingerprint density at radius 2 is 1.48 bits per heavy atom. The molecule has 0 bridgehead atoms. The van der Waals surface area contributed by atoms with Gasteiger partial charge in [-0.3, -0.25) is 14.4 Å². The number of benzene rings is 1. The molecule has 1 heterocycles. The van der Waals surface area contributed by atoms with Crippen LogP contribution in [-0.2, 0) is 9.59 Å². The second-order valence-corrected chi connectivity index (χ2v) is 7.83. The fourth-order valence-corrected chi connectivity index (χ4v) is 4.03. The first-order valence-corrected chi connectivity index (χ1v) is 9.83. The van der Waals surface area contributed by atoms with Gasteiger partial charge >= 0.3 is 5.97 Å². The number of hydrogen-bond donors (Lipinski definition) is 2. The van der Waals surface area contributed by atoms with E-state index >= 15 is 0 Å². The molecular formula is C21H28N2O4. The van der Waals surface area contributed by atoms with Gasteiger partial charge in [-0.2, -0.15) is 0 Å². The molecule has 0 atom stereocenters. The minimum Gasteiger partial charge on any atom is -0.481 e. The normalized spacial score (nSPS) is 23.7. The molecule has 2 aliphatic rings. The van der Waals surface area contributed by atoms with Gasteiger partial charge in [0.2, 0.25) is 5.91 Å². The lowest BCUT2D eigenvalue weighted by atomic mass is 9.81. The smallest absolute Gasteiger partial charge is 0.306 e. The molecule has 0 radical (unpaired) electrons. The zero-order chi connectivity index (χ0) is 19.4. The van der Waals surface area contributed by atoms with Crippen LogP contribution in [0, 0.1) is 18.8 Å². The molecule has 2 amide bonds. The molecule has 0 unspecified atom stereocenters. The van der Waals surface area contributed by atoms with Gasteiger partial charge in [0.1, 0.15) is 0 Å². The zero-order valence-corrected chi connectivity index (χ0v) is 15.8. The fraction of sp³-hybridized carbons (Fsp3) is 0.571. The summed E-state index contributed by atoms with van der Waals surface area (Å²) in [6.45, 7) is 3.28. The Morgan fingerprint density at radius 1 is 0.926 bits per heavy atom. The standard InChI is InChI=1S/C21H28N2O4/c1-14-2-4-16(5-3-14)20(25)23-12-10-18(11-13-23)22-19(24)15-6-8-17(9-7-15)21(26)27/h2-5,15,17-18H,6-13H2,1H3,(H,22,24)(H,26,27). The zero-order valence-electron chi connectivity index (χ0n) is 15.8. The van der Waals surface area contributed by atoms with Gasteiger partial charge in [-0.15, -0.1) is 0 Å². The Labute approximate surface area is 159 Å². The van der Waals surface area contributed by atoms with Crippen LogP contribution in [-0.4, -0.2) is 46.9 Å². The number of piperidine rings is 1. The van der Waals surface area contributed by atoms with Crippen molar-refractivity contribution in [2.45, 2.75) is 51.5 Å². The number of nitrogens with zero attached hydrogens (tertiary/aromatic N) is 1. The van der Waals surface area contributed by atoms with E-state index in [9.17, 15) is 14.4 Å². The molecule has 146 valence electrons. The van der Waals surface area contributed by atoms with Crippen LogP contribution in [0.15, 0.2) is 24.3 Å². The van der Waals surface area contributed by atoms with Crippen molar-refractivity contribution in [1.82, 2.24) is 10.2 Å². The molecule has 1 aliphatic carbocycles. The van der Waals surface area contributed by atoms with Gasteiger partial charge in [-0.05, 0) is 57.6 Å². The quantitative estimate of drug-likeness (QED) is 0.851. The average Bonchev–Trinajstić information content (AvgIpc) is 2.68. The minimum absolute atomic E-state index is 0.0437. The van der Waals surface area contributed by atoms with Crippen LogP contribution in [0.2, 0.25) is 0 Å². The van der Waals surface area contributed by atoms with Gasteiger partial charge in [-0.25, -0.2) is 0 Å². The molecule has 2 N–H and O–H groups in total. The van der Waals surface area contributed by atoms with E-state index in [4.69, 9.17) is 5.11 Å². The number of carboxylic acids is 1. The molecule has 0 spiro atoms. The molecule has 1 aliphatic heterocycles. The van der Waals surface area contributed by atoms with E-state index in [1.165, 1.54) is 0 Å². The van der Waals surface area contributed by atoms with Gasteiger partial charge < -0.3 is 15.3 Å². The van der Waals surface area contributed by atoms with Gasteiger partial charge in [0.15, 0.2) is 0 Å². The first kappa shape index (κ1) is 19.4. The van der Waals surface area contributed by atoms with Crippen molar-refractivity contribution in [2.75, 3.05) is 13.1 Å². The number of carbonyl (C=O) groups excluding carboxylic acids is 2. The topological polar surface area (TPSA) is 86.7 Å². The van der Waals surface area contributed by atoms with Gasteiger partial charge in [0.25, 0.3) is 5.91 Å². The summed E-state index contributed by atoms with van der Waals surface area (Å²) in [7, 11) is 0. The second-order valence-electron chi connectivity index (χ2n) is 7.83. The van der Waals surface area contributed by atoms with Crippen LogP contribution in [0.4, 0.5) is 0 Å². The molecule has 1 aromatic rings. The summed E-state index contributed by atoms with van der Waals surface area (Å²) in [6.07, 6.45) is 3.97. The van der Waals surface area contributed by atoms with Crippen LogP contribution in [0.25, 0.3) is 0 Å². The summed E-state index contributed by atoms with van der Waals surface area (Å²) in [5.41, 5.74) is 1.84. The van der Waals surface area contributed by atoms with Crippen LogP contribution in [0.5, 0.6) is 0 Å². The Bertz CT molecular complexity index is 685. The Kier molecular flexibility index (Phi) is 6.14. The second kappa shape index (κ2) is 8.55. The summed E-state index contributed by atoms with van der Waals surface area (Å²) in [6, 6.07) is 7.70. The first-order chi connectivity index (χ1) is 12.9. The molecule has 6 heteroatoms. The maximum atomic E-state index is 12.6. The van der Waals surface area contributed by atoms with Crippen molar-refractivity contribution in [1.29, 1.82) is 0 Å². The number of carboxylic acid groups (broad SMARTS) is 1. The van der Waals surface area contributed by atoms with Crippen LogP contribution >= 0.6 is 0 Å². The number of hydrogen-bond acceptors (Lipinski definition) is 3. The SMILES string of the molecule is Cc1ccc(C(=O)N2CCC(NC(=O)C3CCC(C(=O)O)CC3)CC2)cc1. The summed E-state index contributed by atoms with van der Waals surface area (Å²) < 4.78 is 0. The monoisotopic (exact) mass is 372 g/mol. The molecule has 2 fully saturated rings. The number of rotatable bonds is 4. The third kappa shape index (κ3) is 4.87. The van der Waals surface area contributed by atoms with Crippen LogP contribution < -0.4 is 5.32 Å². The highest BCUT2D eigenvalue weighted by Crippen LogP contribution is 2.29. The predicted octanol–water partition coefficient (Wildman–Crippen LogP) is 2.61. The van der Waals surface area contributed by atoms with E-state index in [1.807, 2.05) is 36.1 Å². The first-order valence-electron chi connectivity index (χ1n) is 9.83. The van der Waals surface area contributed by atoms with Gasteiger partial charge in [-0.1, -0.05) is 17.7 Å². The third-order valence-electron chi connectivity index (χ3n) is 5.87. The lowest BCUT2D eigenvalue weighted by Crippen LogP contribution is -2.48. The van der Waals surface area contributed by atoms with Crippen molar-refractivity contribution < 1.29 is 19.5 Å². The predicted molar refractivity (Wildman–Crippen MR) is 101 cm³/mol. The van der Waals surface area contributed by atoms with E-state index in [0.717, 1.165) is 18.4 Å². The van der Waals surface area contributed by atoms with Crippen molar-refractivity contribution in [3.63, 3.8) is 0 Å². The summed E-state index contributed by atoms with van der Waals surface area (Å²) in [5, 5.41) is 12.2. The Hall–Kier alpha value is -2.37. The number of nitrogens with one attached hydrogen (secondary N) is 1. The maximum absolute atomic E-state index is 12.6. The molecule has 0 aromatic heterocycles. The van der Waals surface area contributed by atoms with E-state index in [1.54, 1.807) is 0 Å². The summed E-state index contributed by atoms with van der Waals surface area (Å²) in [5.74, 6) is -1.04. The highest BCUT2D eigenvalue weighted by molar-refractivity contribution is 5.94. The Morgan fingerprint density at radius 3 is 2.04 bits per heavy atom. The van der Waals surface area contributed by atoms with Gasteiger partial charge in [0, 0.05) is 30.6 Å². The molecule has 6 nitrogen and oxygen atoms in total. The summed E-state index contributed by atoms with van der Waals surface area (Å²) in [4.78, 5) is 37.9. The molecule has 1 saturated heterocycles. The lowest BCUT2D eigenvalue weighted by molar-refractivity contribution is -0.144. The van der Waals surface area contributed by atoms with Crippen molar-refractivity contribution >= 4 is 17.8 Å². The number of amides is 2. The average molecular weight is 372 g/mol. The summed E-state index contributed by atoms with van der Waals surface area (Å²) >= 11 is 0. The fourth-order valence-electron chi connectivity index (χ4n) is 4.03. The van der Waals surface area contributed by atoms with Crippen LogP contribution in [0.3, 0.4) is 0 Å². The van der Waals surface area contributed by atoms with Crippen LogP contribution in [0.1, 0.15) is 54.4 Å². The molecule has 27 heavy (non-hydrogen) atoms. The molecule has 3 rings (SSSR count). The number of aliphatic carboxylic acids is 1. The number of carbonyl (C=O) groups is 3. The lowest BCUT2D eigenvalue weighted by Gasteiger charge is -2.34. The largest absolute Gasteiger partial charge is 0.481 e. The van der Waals surface area contributed by atoms with E-state index in [0.29, 0.717) is 44.3 Å². The third-order valence-corrected chi connectivity index (χ3v) is 5.87. The van der Waals surface area contributed by atoms with E-state index < -0.39 is 5.97 Å². The van der Waals surface area contributed by atoms with Gasteiger partial charge in [0.05, 0.1) is 5.92 Å². The van der Waals surface area contributed by atoms with Crippen molar-refractivity contribution in [2.24, 2.45) is 11.8 Å². The minimum atomic E-state index is -0.750. The molecule has 1 aromatic carbocycles. The van der Waals surface area contributed by atoms with Crippen molar-refractivity contribution in [3.05, 3.63) is 35.4 Å².